The summed E-state index contributed by atoms with van der Waals surface area (Å²) in [5, 5.41) is 2.06. The van der Waals surface area contributed by atoms with E-state index in [1.54, 1.807) is 0 Å². The summed E-state index contributed by atoms with van der Waals surface area (Å²) in [4.78, 5) is 21.2. The van der Waals surface area contributed by atoms with Gasteiger partial charge in [0.1, 0.15) is 0 Å². The summed E-state index contributed by atoms with van der Waals surface area (Å²) >= 11 is 6.27. The van der Waals surface area contributed by atoms with Crippen molar-refractivity contribution < 1.29 is 4.79 Å². The molecule has 1 aromatic heterocycles. The first kappa shape index (κ1) is 20.3. The zero-order valence-corrected chi connectivity index (χ0v) is 18.8. The number of hydrogen-bond donors (Lipinski definition) is 1. The lowest BCUT2D eigenvalue weighted by Gasteiger charge is -2.42. The van der Waals surface area contributed by atoms with Crippen LogP contribution in [0.25, 0.3) is 16.5 Å². The molecule has 5 heteroatoms. The van der Waals surface area contributed by atoms with Gasteiger partial charge in [0.2, 0.25) is 5.91 Å². The normalized spacial score (nSPS) is 20.4. The topological polar surface area (TPSA) is 39.3 Å². The van der Waals surface area contributed by atoms with Gasteiger partial charge in [-0.3, -0.25) is 9.69 Å². The molecule has 0 radical (unpaired) electrons. The molecule has 5 rings (SSSR count). The Morgan fingerprint density at radius 2 is 2.00 bits per heavy atom. The second-order valence-electron chi connectivity index (χ2n) is 8.56. The smallest absolute Gasteiger partial charge is 0.230 e. The van der Waals surface area contributed by atoms with E-state index in [1.807, 2.05) is 23.1 Å². The van der Waals surface area contributed by atoms with Crippen LogP contribution in [-0.2, 0) is 17.8 Å². The summed E-state index contributed by atoms with van der Waals surface area (Å²) in [6.07, 6.45) is 5.36. The summed E-state index contributed by atoms with van der Waals surface area (Å²) < 4.78 is 0. The van der Waals surface area contributed by atoms with E-state index in [4.69, 9.17) is 11.6 Å². The fraction of sp³-hybridized carbons (Fsp3) is 0.346. The van der Waals surface area contributed by atoms with Crippen LogP contribution in [0.2, 0.25) is 5.02 Å². The largest absolute Gasteiger partial charge is 0.361 e. The van der Waals surface area contributed by atoms with Crippen molar-refractivity contribution in [1.29, 1.82) is 0 Å². The maximum Gasteiger partial charge on any atom is 0.230 e. The summed E-state index contributed by atoms with van der Waals surface area (Å²) in [5.74, 6) is 0.0835. The molecule has 31 heavy (non-hydrogen) atoms. The molecule has 1 aliphatic carbocycles. The first-order valence-corrected chi connectivity index (χ1v) is 11.5. The van der Waals surface area contributed by atoms with Gasteiger partial charge in [-0.05, 0) is 60.7 Å². The van der Waals surface area contributed by atoms with Crippen LogP contribution < -0.4 is 0 Å². The minimum atomic E-state index is -0.138. The molecule has 1 N–H and O–H groups in total. The van der Waals surface area contributed by atoms with Crippen molar-refractivity contribution >= 4 is 34.0 Å². The molecule has 3 aromatic rings. The van der Waals surface area contributed by atoms with Crippen LogP contribution in [0, 0.1) is 5.92 Å². The van der Waals surface area contributed by atoms with Gasteiger partial charge < -0.3 is 9.88 Å². The van der Waals surface area contributed by atoms with Crippen LogP contribution in [0.1, 0.15) is 30.5 Å². The number of rotatable bonds is 5. The number of carbonyl (C=O) groups is 1. The second kappa shape index (κ2) is 8.18. The molecule has 2 atom stereocenters. The molecule has 0 unspecified atom stereocenters. The Bertz CT molecular complexity index is 1160. The average Bonchev–Trinajstić information content (AvgIpc) is 3.19. The third kappa shape index (κ3) is 3.58. The number of H-pyrrole nitrogens is 1. The predicted molar refractivity (Wildman–Crippen MR) is 127 cm³/mol. The minimum Gasteiger partial charge on any atom is -0.361 e. The Morgan fingerprint density at radius 1 is 1.19 bits per heavy atom. The average molecular weight is 434 g/mol. The van der Waals surface area contributed by atoms with Crippen LogP contribution >= 0.6 is 11.6 Å². The zero-order valence-electron chi connectivity index (χ0n) is 18.1. The number of fused-ring (bicyclic) bond motifs is 2. The molecule has 0 spiro atoms. The zero-order chi connectivity index (χ0) is 21.5. The lowest BCUT2D eigenvalue weighted by molar-refractivity contribution is -0.134. The number of aromatic amines is 1. The van der Waals surface area contributed by atoms with Crippen LogP contribution in [0.3, 0.4) is 0 Å². The van der Waals surface area contributed by atoms with E-state index < -0.39 is 0 Å². The summed E-state index contributed by atoms with van der Waals surface area (Å²) in [6, 6.07) is 14.8. The predicted octanol–water partition coefficient (Wildman–Crippen LogP) is 5.13. The van der Waals surface area contributed by atoms with Gasteiger partial charge in [0.25, 0.3) is 0 Å². The van der Waals surface area contributed by atoms with Crippen molar-refractivity contribution in [1.82, 2.24) is 14.8 Å². The van der Waals surface area contributed by atoms with Crippen molar-refractivity contribution in [3.8, 4) is 0 Å². The summed E-state index contributed by atoms with van der Waals surface area (Å²) in [5.41, 5.74) is 6.26. The lowest BCUT2D eigenvalue weighted by Crippen LogP contribution is -2.48. The Kier molecular flexibility index (Phi) is 5.37. The molecule has 0 bridgehead atoms. The molecule has 1 amide bonds. The van der Waals surface area contributed by atoms with Crippen LogP contribution in [0.4, 0.5) is 0 Å². The second-order valence-corrected chi connectivity index (χ2v) is 9.00. The monoisotopic (exact) mass is 433 g/mol. The van der Waals surface area contributed by atoms with Gasteiger partial charge in [-0.1, -0.05) is 41.9 Å². The molecule has 2 aromatic carbocycles. The standard InChI is InChI=1S/C26H28ClN3O/c1-3-29(4-2)26(31)19-12-22-21-9-6-10-23-25(21)18(14-28-23)13-24(22)30(16-19)15-17-7-5-8-20(27)11-17/h5-12,14,19,24,28H,3-4,13,15-16H2,1-2H3/t19-,24-/m1/s1. The van der Waals surface area contributed by atoms with Crippen molar-refractivity contribution in [2.24, 2.45) is 5.92 Å². The number of amides is 1. The number of hydrogen-bond acceptors (Lipinski definition) is 2. The number of nitrogens with one attached hydrogen (secondary N) is 1. The Balaban J connectivity index is 1.58. The van der Waals surface area contributed by atoms with Crippen molar-refractivity contribution in [3.63, 3.8) is 0 Å². The highest BCUT2D eigenvalue weighted by Gasteiger charge is 2.38. The summed E-state index contributed by atoms with van der Waals surface area (Å²) in [7, 11) is 0. The molecular formula is C26H28ClN3O. The third-order valence-electron chi connectivity index (χ3n) is 6.79. The molecule has 160 valence electrons. The number of benzene rings is 2. The Hall–Kier alpha value is -2.56. The number of halogens is 1. The van der Waals surface area contributed by atoms with E-state index in [0.29, 0.717) is 0 Å². The third-order valence-corrected chi connectivity index (χ3v) is 7.03. The fourth-order valence-electron chi connectivity index (χ4n) is 5.29. The van der Waals surface area contributed by atoms with Gasteiger partial charge >= 0.3 is 0 Å². The van der Waals surface area contributed by atoms with Gasteiger partial charge in [0.15, 0.2) is 0 Å². The fourth-order valence-corrected chi connectivity index (χ4v) is 5.51. The number of carbonyl (C=O) groups excluding carboxylic acids is 1. The van der Waals surface area contributed by atoms with E-state index in [-0.39, 0.29) is 17.9 Å². The highest BCUT2D eigenvalue weighted by molar-refractivity contribution is 6.30. The Morgan fingerprint density at radius 3 is 2.77 bits per heavy atom. The SMILES string of the molecule is CCN(CC)C(=O)[C@@H]1C=C2c3cccc4[nH]cc(c34)C[C@H]2N(Cc2cccc(Cl)c2)C1. The van der Waals surface area contributed by atoms with E-state index >= 15 is 0 Å². The Labute approximate surface area is 188 Å². The highest BCUT2D eigenvalue weighted by Crippen LogP contribution is 2.42. The van der Waals surface area contributed by atoms with E-state index in [9.17, 15) is 4.79 Å². The lowest BCUT2D eigenvalue weighted by atomic mass is 9.79. The summed E-state index contributed by atoms with van der Waals surface area (Å²) in [6.45, 7) is 7.09. The van der Waals surface area contributed by atoms with E-state index in [0.717, 1.165) is 37.6 Å². The van der Waals surface area contributed by atoms with E-state index in [2.05, 4.69) is 60.3 Å². The van der Waals surface area contributed by atoms with Crippen LogP contribution in [0.5, 0.6) is 0 Å². The molecule has 2 aliphatic rings. The molecular weight excluding hydrogens is 406 g/mol. The van der Waals surface area contributed by atoms with Crippen LogP contribution in [-0.4, -0.2) is 46.4 Å². The van der Waals surface area contributed by atoms with Crippen LogP contribution in [0.15, 0.2) is 54.7 Å². The molecule has 2 heterocycles. The van der Waals surface area contributed by atoms with Gasteiger partial charge in [-0.25, -0.2) is 0 Å². The van der Waals surface area contributed by atoms with Gasteiger partial charge in [0, 0.05) is 54.3 Å². The maximum atomic E-state index is 13.4. The minimum absolute atomic E-state index is 0.138. The van der Waals surface area contributed by atoms with Gasteiger partial charge in [-0.15, -0.1) is 0 Å². The molecule has 1 aliphatic heterocycles. The molecule has 0 fully saturated rings. The number of aromatic nitrogens is 1. The first-order chi connectivity index (χ1) is 15.1. The van der Waals surface area contributed by atoms with Gasteiger partial charge in [-0.2, -0.15) is 0 Å². The molecule has 0 saturated heterocycles. The van der Waals surface area contributed by atoms with Gasteiger partial charge in [0.05, 0.1) is 5.92 Å². The van der Waals surface area contributed by atoms with Crippen molar-refractivity contribution in [3.05, 3.63) is 76.5 Å². The van der Waals surface area contributed by atoms with E-state index in [1.165, 1.54) is 33.2 Å². The highest BCUT2D eigenvalue weighted by atomic mass is 35.5. The quantitative estimate of drug-likeness (QED) is 0.605. The maximum absolute atomic E-state index is 13.4. The molecule has 0 saturated carbocycles. The van der Waals surface area contributed by atoms with Crippen molar-refractivity contribution in [2.75, 3.05) is 19.6 Å². The number of nitrogens with zero attached hydrogens (tertiary/aromatic N) is 2. The van der Waals surface area contributed by atoms with Crippen molar-refractivity contribution in [2.45, 2.75) is 32.9 Å². The first-order valence-electron chi connectivity index (χ1n) is 11.2. The molecule has 4 nitrogen and oxygen atoms in total.